The number of hydrogen-bond donors (Lipinski definition) is 1. The number of rotatable bonds is 5. The van der Waals surface area contributed by atoms with Gasteiger partial charge < -0.3 is 5.32 Å². The average molecular weight is 347 g/mol. The van der Waals surface area contributed by atoms with Crippen molar-refractivity contribution in [3.63, 3.8) is 0 Å². The molecule has 2 aromatic rings. The minimum atomic E-state index is -0.107. The normalized spacial score (nSPS) is 15.8. The molecule has 1 aliphatic rings. The number of hydrogen-bond acceptors (Lipinski definition) is 5. The topological polar surface area (TPSA) is 80.1 Å². The van der Waals surface area contributed by atoms with Crippen LogP contribution in [0.15, 0.2) is 11.6 Å². The molecule has 3 heterocycles. The van der Waals surface area contributed by atoms with Gasteiger partial charge in [-0.15, -0.1) is 11.3 Å². The van der Waals surface area contributed by atoms with Crippen LogP contribution in [0.3, 0.4) is 0 Å². The van der Waals surface area contributed by atoms with Crippen LogP contribution in [0, 0.1) is 6.92 Å². The quantitative estimate of drug-likeness (QED) is 0.893. The van der Waals surface area contributed by atoms with Gasteiger partial charge in [0.1, 0.15) is 0 Å². The smallest absolute Gasteiger partial charge is 0.228 e. The summed E-state index contributed by atoms with van der Waals surface area (Å²) in [5.74, 6) is 0.0244. The third kappa shape index (κ3) is 3.33. The minimum absolute atomic E-state index is 0.0876. The zero-order valence-corrected chi connectivity index (χ0v) is 14.9. The molecule has 0 bridgehead atoms. The molecule has 8 heteroatoms. The van der Waals surface area contributed by atoms with Crippen LogP contribution in [0.4, 0.5) is 5.13 Å². The Balaban J connectivity index is 1.60. The Labute approximate surface area is 144 Å². The van der Waals surface area contributed by atoms with Crippen molar-refractivity contribution < 1.29 is 9.59 Å². The average Bonchev–Trinajstić information content (AvgIpc) is 3.22. The van der Waals surface area contributed by atoms with Crippen molar-refractivity contribution in [2.75, 3.05) is 11.4 Å². The van der Waals surface area contributed by atoms with E-state index < -0.39 is 0 Å². The number of nitrogens with zero attached hydrogens (tertiary/aromatic N) is 4. The number of anilines is 1. The van der Waals surface area contributed by atoms with Gasteiger partial charge in [-0.05, 0) is 20.3 Å². The van der Waals surface area contributed by atoms with E-state index in [-0.39, 0.29) is 24.3 Å². The Kier molecular flexibility index (Phi) is 4.66. The second-order valence-electron chi connectivity index (χ2n) is 6.05. The molecule has 1 atom stereocenters. The van der Waals surface area contributed by atoms with E-state index in [0.717, 1.165) is 24.2 Å². The molecule has 128 valence electrons. The lowest BCUT2D eigenvalue weighted by Gasteiger charge is -2.13. The fourth-order valence-electron chi connectivity index (χ4n) is 2.83. The largest absolute Gasteiger partial charge is 0.349 e. The first-order chi connectivity index (χ1) is 11.5. The van der Waals surface area contributed by atoms with Gasteiger partial charge in [-0.25, -0.2) is 4.98 Å². The summed E-state index contributed by atoms with van der Waals surface area (Å²) in [6, 6.07) is -0.107. The molecule has 3 rings (SSSR count). The SMILES string of the molecule is Cc1c(C(C)NC(=O)Cc2csc(N3CCCC3=O)n2)cnn1C. The molecule has 1 fully saturated rings. The Morgan fingerprint density at radius 1 is 1.50 bits per heavy atom. The van der Waals surface area contributed by atoms with E-state index in [9.17, 15) is 9.59 Å². The fraction of sp³-hybridized carbons (Fsp3) is 0.500. The van der Waals surface area contributed by atoms with E-state index >= 15 is 0 Å². The first kappa shape index (κ1) is 16.6. The highest BCUT2D eigenvalue weighted by atomic mass is 32.1. The van der Waals surface area contributed by atoms with Gasteiger partial charge in [-0.1, -0.05) is 0 Å². The van der Waals surface area contributed by atoms with Gasteiger partial charge in [0.15, 0.2) is 5.13 Å². The molecule has 0 spiro atoms. The number of thiazole rings is 1. The maximum Gasteiger partial charge on any atom is 0.228 e. The molecule has 24 heavy (non-hydrogen) atoms. The van der Waals surface area contributed by atoms with Gasteiger partial charge in [-0.2, -0.15) is 5.10 Å². The molecule has 7 nitrogen and oxygen atoms in total. The lowest BCUT2D eigenvalue weighted by atomic mass is 10.1. The Hall–Kier alpha value is -2.22. The van der Waals surface area contributed by atoms with Gasteiger partial charge in [0.05, 0.1) is 24.4 Å². The number of carbonyl (C=O) groups is 2. The highest BCUT2D eigenvalue weighted by molar-refractivity contribution is 7.14. The van der Waals surface area contributed by atoms with Crippen LogP contribution in [0.2, 0.25) is 0 Å². The lowest BCUT2D eigenvalue weighted by molar-refractivity contribution is -0.121. The number of aromatic nitrogens is 3. The zero-order chi connectivity index (χ0) is 17.3. The van der Waals surface area contributed by atoms with Crippen LogP contribution >= 0.6 is 11.3 Å². The molecule has 2 aromatic heterocycles. The van der Waals surface area contributed by atoms with Crippen LogP contribution in [-0.2, 0) is 23.1 Å². The van der Waals surface area contributed by atoms with Crippen molar-refractivity contribution in [1.29, 1.82) is 0 Å². The molecule has 1 saturated heterocycles. The number of nitrogens with one attached hydrogen (secondary N) is 1. The van der Waals surface area contributed by atoms with E-state index in [1.807, 2.05) is 26.3 Å². The van der Waals surface area contributed by atoms with Crippen molar-refractivity contribution in [2.45, 2.75) is 39.2 Å². The third-order valence-corrected chi connectivity index (χ3v) is 5.22. The summed E-state index contributed by atoms with van der Waals surface area (Å²) >= 11 is 1.41. The van der Waals surface area contributed by atoms with Gasteiger partial charge in [0.2, 0.25) is 11.8 Å². The fourth-order valence-corrected chi connectivity index (χ4v) is 3.70. The predicted octanol–water partition coefficient (Wildman–Crippen LogP) is 1.73. The lowest BCUT2D eigenvalue weighted by Crippen LogP contribution is -2.28. The highest BCUT2D eigenvalue weighted by Crippen LogP contribution is 2.25. The van der Waals surface area contributed by atoms with Crippen LogP contribution in [0.1, 0.15) is 42.8 Å². The molecular weight excluding hydrogens is 326 g/mol. The Morgan fingerprint density at radius 3 is 2.92 bits per heavy atom. The molecular formula is C16H21N5O2S. The number of amides is 2. The Morgan fingerprint density at radius 2 is 2.29 bits per heavy atom. The second kappa shape index (κ2) is 6.72. The molecule has 1 N–H and O–H groups in total. The maximum atomic E-state index is 12.3. The molecule has 1 aliphatic heterocycles. The summed E-state index contributed by atoms with van der Waals surface area (Å²) in [5, 5.41) is 9.72. The zero-order valence-electron chi connectivity index (χ0n) is 14.1. The molecule has 1 unspecified atom stereocenters. The van der Waals surface area contributed by atoms with Crippen molar-refractivity contribution in [3.8, 4) is 0 Å². The van der Waals surface area contributed by atoms with E-state index in [1.165, 1.54) is 11.3 Å². The molecule has 0 aromatic carbocycles. The maximum absolute atomic E-state index is 12.3. The van der Waals surface area contributed by atoms with Gasteiger partial charge in [0.25, 0.3) is 0 Å². The third-order valence-electron chi connectivity index (χ3n) is 4.30. The van der Waals surface area contributed by atoms with Crippen molar-refractivity contribution in [2.24, 2.45) is 7.05 Å². The van der Waals surface area contributed by atoms with Gasteiger partial charge in [0, 0.05) is 36.7 Å². The van der Waals surface area contributed by atoms with Crippen molar-refractivity contribution in [3.05, 3.63) is 28.5 Å². The predicted molar refractivity (Wildman–Crippen MR) is 91.9 cm³/mol. The van der Waals surface area contributed by atoms with E-state index in [4.69, 9.17) is 0 Å². The Bertz CT molecular complexity index is 766. The van der Waals surface area contributed by atoms with Gasteiger partial charge in [-0.3, -0.25) is 19.2 Å². The first-order valence-corrected chi connectivity index (χ1v) is 8.86. The second-order valence-corrected chi connectivity index (χ2v) is 6.88. The monoisotopic (exact) mass is 347 g/mol. The van der Waals surface area contributed by atoms with E-state index in [2.05, 4.69) is 15.4 Å². The molecule has 0 saturated carbocycles. The van der Waals surface area contributed by atoms with E-state index in [1.54, 1.807) is 15.8 Å². The number of carbonyl (C=O) groups excluding carboxylic acids is 2. The van der Waals surface area contributed by atoms with Crippen LogP contribution in [-0.4, -0.2) is 33.1 Å². The van der Waals surface area contributed by atoms with Crippen molar-refractivity contribution >= 4 is 28.3 Å². The number of aryl methyl sites for hydroxylation is 1. The van der Waals surface area contributed by atoms with Crippen molar-refractivity contribution in [1.82, 2.24) is 20.1 Å². The highest BCUT2D eigenvalue weighted by Gasteiger charge is 2.24. The summed E-state index contributed by atoms with van der Waals surface area (Å²) in [6.07, 6.45) is 3.44. The summed E-state index contributed by atoms with van der Waals surface area (Å²) in [7, 11) is 1.88. The molecule has 2 amide bonds. The summed E-state index contributed by atoms with van der Waals surface area (Å²) < 4.78 is 1.79. The summed E-state index contributed by atoms with van der Waals surface area (Å²) in [4.78, 5) is 30.1. The molecule has 0 aliphatic carbocycles. The standard InChI is InChI=1S/C16H21N5O2S/c1-10(13-8-17-20(3)11(13)2)18-14(22)7-12-9-24-16(19-12)21-6-4-5-15(21)23/h8-10H,4-7H2,1-3H3,(H,18,22). The minimum Gasteiger partial charge on any atom is -0.349 e. The van der Waals surface area contributed by atoms with Crippen LogP contribution in [0.25, 0.3) is 0 Å². The molecule has 0 radical (unpaired) electrons. The van der Waals surface area contributed by atoms with E-state index in [0.29, 0.717) is 17.2 Å². The first-order valence-electron chi connectivity index (χ1n) is 7.98. The summed E-state index contributed by atoms with van der Waals surface area (Å²) in [6.45, 7) is 4.64. The van der Waals surface area contributed by atoms with Gasteiger partial charge >= 0.3 is 0 Å². The van der Waals surface area contributed by atoms with Crippen LogP contribution in [0.5, 0.6) is 0 Å². The summed E-state index contributed by atoms with van der Waals surface area (Å²) in [5.41, 5.74) is 2.74. The van der Waals surface area contributed by atoms with Crippen LogP contribution < -0.4 is 10.2 Å².